The Bertz CT molecular complexity index is 3040. The van der Waals surface area contributed by atoms with E-state index in [0.29, 0.717) is 62.7 Å². The van der Waals surface area contributed by atoms with Crippen molar-refractivity contribution in [2.75, 3.05) is 50.2 Å². The SMILES string of the molecule is CCc1nc2c(cnn2CC)c(NC2CCOCC2)c1CNC(=O)Nc1ccc(CCCCOCCCCCCN(C[C@H](O[Si](C)(C)C(C)(C)C)c2ccc(OC(=O)OC(C)(C)C)c3nc(OC(=O)OC(C)(C)C)ccc23)C(=O)OC(C)(C)C)cc1. The monoisotopic (exact) mass is 1210 g/mol. The third-order valence-electron chi connectivity index (χ3n) is 14.9. The number of benzene rings is 2. The van der Waals surface area contributed by atoms with Crippen molar-refractivity contribution in [2.45, 2.75) is 221 Å². The summed E-state index contributed by atoms with van der Waals surface area (Å²) in [5.41, 5.74) is 4.15. The molecule has 0 saturated carbocycles. The Morgan fingerprint density at radius 3 is 2.01 bits per heavy atom. The molecule has 2 aromatic carbocycles. The molecular formula is C65H98N8O12Si. The van der Waals surface area contributed by atoms with Crippen LogP contribution in [0.3, 0.4) is 0 Å². The normalized spacial score (nSPS) is 14.0. The van der Waals surface area contributed by atoms with Crippen LogP contribution < -0.4 is 25.4 Å². The molecule has 474 valence electrons. The second kappa shape index (κ2) is 30.4. The number of carbonyl (C=O) groups excluding carboxylic acids is 4. The summed E-state index contributed by atoms with van der Waals surface area (Å²) in [6, 6.07) is 14.7. The van der Waals surface area contributed by atoms with E-state index >= 15 is 0 Å². The van der Waals surface area contributed by atoms with E-state index in [1.54, 1.807) is 64.6 Å². The zero-order chi connectivity index (χ0) is 63.0. The summed E-state index contributed by atoms with van der Waals surface area (Å²) in [4.78, 5) is 64.7. The molecule has 4 heterocycles. The Hall–Kier alpha value is -6.55. The summed E-state index contributed by atoms with van der Waals surface area (Å²) in [5.74, 6) is 0.00360. The Morgan fingerprint density at radius 1 is 0.744 bits per heavy atom. The highest BCUT2D eigenvalue weighted by Gasteiger charge is 2.41. The molecule has 0 unspecified atom stereocenters. The van der Waals surface area contributed by atoms with E-state index in [2.05, 4.69) is 85.9 Å². The number of nitrogens with zero attached hydrogens (tertiary/aromatic N) is 5. The molecule has 6 rings (SSSR count). The fourth-order valence-corrected chi connectivity index (χ4v) is 10.8. The van der Waals surface area contributed by atoms with Gasteiger partial charge in [-0.15, -0.1) is 0 Å². The molecule has 0 aliphatic carbocycles. The summed E-state index contributed by atoms with van der Waals surface area (Å²) in [5, 5.41) is 15.8. The Labute approximate surface area is 510 Å². The highest BCUT2D eigenvalue weighted by atomic mass is 28.4. The number of carbonyl (C=O) groups is 4. The number of aryl methyl sites for hydroxylation is 3. The van der Waals surface area contributed by atoms with Crippen molar-refractivity contribution in [1.29, 1.82) is 0 Å². The molecule has 1 aliphatic rings. The maximum absolute atomic E-state index is 14.2. The number of anilines is 2. The number of ether oxygens (including phenoxy) is 7. The second-order valence-corrected chi connectivity index (χ2v) is 31.4. The molecule has 1 fully saturated rings. The molecule has 20 nitrogen and oxygen atoms in total. The van der Waals surface area contributed by atoms with Gasteiger partial charge in [0, 0.05) is 80.5 Å². The minimum atomic E-state index is -2.55. The summed E-state index contributed by atoms with van der Waals surface area (Å²) in [6.45, 7) is 35.2. The standard InChI is InChI=1S/C65H98N8O12Si/c1-17-51-49(55(68-46-34-39-79-40-35-46)50-42-67-73(18-2)57(50)70-51)41-66-58(74)69-45-28-26-44(27-29-45)25-21-24-38-78-37-23-20-19-22-36-72(59(75)82-62(3,4)5)43-53(85-86(15,16)65(12,13)14)47-30-32-52(80-60(76)83-63(6,7)8)56-48(47)31-33-54(71-56)81-61(77)84-64(9,10)11/h26-33,42,46,53H,17-25,34-41,43H2,1-16H3,(H,68,70)(H2,66,69,74)/t53-/m0/s1. The van der Waals surface area contributed by atoms with Crippen molar-refractivity contribution in [2.24, 2.45) is 0 Å². The predicted molar refractivity (Wildman–Crippen MR) is 339 cm³/mol. The minimum absolute atomic E-state index is 0.0718. The summed E-state index contributed by atoms with van der Waals surface area (Å²) in [6.07, 6.45) is 7.56. The lowest BCUT2D eigenvalue weighted by Crippen LogP contribution is -2.46. The van der Waals surface area contributed by atoms with Gasteiger partial charge in [-0.3, -0.25) is 0 Å². The van der Waals surface area contributed by atoms with Crippen LogP contribution in [0.4, 0.5) is 30.6 Å². The van der Waals surface area contributed by atoms with E-state index in [-0.39, 0.29) is 40.8 Å². The van der Waals surface area contributed by atoms with Crippen molar-refractivity contribution in [1.82, 2.24) is 30.0 Å². The van der Waals surface area contributed by atoms with Crippen molar-refractivity contribution in [3.8, 4) is 11.6 Å². The van der Waals surface area contributed by atoms with Crippen molar-refractivity contribution in [3.05, 3.63) is 77.1 Å². The van der Waals surface area contributed by atoms with Gasteiger partial charge in [0.15, 0.2) is 19.7 Å². The highest BCUT2D eigenvalue weighted by molar-refractivity contribution is 6.74. The van der Waals surface area contributed by atoms with E-state index in [4.69, 9.17) is 42.6 Å². The zero-order valence-corrected chi connectivity index (χ0v) is 55.2. The third kappa shape index (κ3) is 21.1. The summed E-state index contributed by atoms with van der Waals surface area (Å²) < 4.78 is 49.0. The number of hydrogen-bond donors (Lipinski definition) is 3. The fraction of sp³-hybridized carbons (Fsp3) is 0.615. The molecule has 0 bridgehead atoms. The molecule has 0 radical (unpaired) electrons. The zero-order valence-electron chi connectivity index (χ0n) is 54.2. The smallest absolute Gasteiger partial charge is 0.444 e. The van der Waals surface area contributed by atoms with Crippen LogP contribution in [0.15, 0.2) is 54.7 Å². The lowest BCUT2D eigenvalue weighted by Gasteiger charge is -2.41. The first-order valence-corrected chi connectivity index (χ1v) is 33.7. The highest BCUT2D eigenvalue weighted by Crippen LogP contribution is 2.43. The number of fused-ring (bicyclic) bond motifs is 2. The van der Waals surface area contributed by atoms with E-state index in [1.165, 1.54) is 5.56 Å². The Kier molecular flexibility index (Phi) is 24.2. The minimum Gasteiger partial charge on any atom is -0.444 e. The van der Waals surface area contributed by atoms with E-state index in [0.717, 1.165) is 92.2 Å². The molecular weight excluding hydrogens is 1110 g/mol. The first kappa shape index (κ1) is 68.6. The van der Waals surface area contributed by atoms with Crippen molar-refractivity contribution in [3.63, 3.8) is 0 Å². The lowest BCUT2D eigenvalue weighted by molar-refractivity contribution is 0.0149. The van der Waals surface area contributed by atoms with Gasteiger partial charge in [0.2, 0.25) is 5.88 Å². The van der Waals surface area contributed by atoms with Gasteiger partial charge in [0.1, 0.15) is 22.3 Å². The van der Waals surface area contributed by atoms with Gasteiger partial charge in [-0.05, 0) is 174 Å². The largest absolute Gasteiger partial charge is 0.515 e. The summed E-state index contributed by atoms with van der Waals surface area (Å²) >= 11 is 0. The van der Waals surface area contributed by atoms with E-state index < -0.39 is 49.6 Å². The van der Waals surface area contributed by atoms with Crippen LogP contribution in [0.5, 0.6) is 11.6 Å². The molecule has 1 atom stereocenters. The van der Waals surface area contributed by atoms with E-state index in [9.17, 15) is 19.2 Å². The molecule has 1 saturated heterocycles. The lowest BCUT2D eigenvalue weighted by atomic mass is 10.0. The van der Waals surface area contributed by atoms with Crippen LogP contribution in [0.25, 0.3) is 21.9 Å². The van der Waals surface area contributed by atoms with Gasteiger partial charge in [-0.2, -0.15) is 5.10 Å². The first-order valence-electron chi connectivity index (χ1n) is 30.8. The molecule has 0 spiro atoms. The number of rotatable bonds is 26. The van der Waals surface area contributed by atoms with Crippen LogP contribution in [0.1, 0.15) is 177 Å². The first-order chi connectivity index (χ1) is 40.4. The van der Waals surface area contributed by atoms with Gasteiger partial charge in [-0.25, -0.2) is 33.8 Å². The number of hydrogen-bond acceptors (Lipinski definition) is 16. The molecule has 5 aromatic rings. The van der Waals surface area contributed by atoms with Crippen LogP contribution in [-0.2, 0) is 54.0 Å². The average Bonchev–Trinajstić information content (AvgIpc) is 2.15. The number of nitrogens with one attached hydrogen (secondary N) is 3. The van der Waals surface area contributed by atoms with Crippen molar-refractivity contribution >= 4 is 66.1 Å². The molecule has 86 heavy (non-hydrogen) atoms. The van der Waals surface area contributed by atoms with Gasteiger partial charge in [-0.1, -0.05) is 58.7 Å². The van der Waals surface area contributed by atoms with Gasteiger partial charge >= 0.3 is 24.4 Å². The number of urea groups is 1. The van der Waals surface area contributed by atoms with Crippen LogP contribution in [0.2, 0.25) is 18.1 Å². The molecule has 3 amide bonds. The van der Waals surface area contributed by atoms with Crippen LogP contribution in [-0.4, -0.2) is 120 Å². The second-order valence-electron chi connectivity index (χ2n) is 26.6. The maximum Gasteiger partial charge on any atom is 0.515 e. The quantitative estimate of drug-likeness (QED) is 0.0154. The number of unbranched alkanes of at least 4 members (excludes halogenated alkanes) is 4. The molecule has 3 aromatic heterocycles. The topological polar surface area (TPSA) is 225 Å². The fourth-order valence-electron chi connectivity index (χ4n) is 9.54. The van der Waals surface area contributed by atoms with Gasteiger partial charge < -0.3 is 58.4 Å². The van der Waals surface area contributed by atoms with Crippen LogP contribution in [0, 0.1) is 0 Å². The molecule has 21 heteroatoms. The Balaban J connectivity index is 1.01. The number of aromatic nitrogens is 4. The average molecular weight is 1210 g/mol. The van der Waals surface area contributed by atoms with Crippen molar-refractivity contribution < 1.29 is 56.8 Å². The van der Waals surface area contributed by atoms with Gasteiger partial charge in [0.05, 0.1) is 29.9 Å². The predicted octanol–water partition coefficient (Wildman–Crippen LogP) is 15.0. The number of amides is 3. The molecule has 1 aliphatic heterocycles. The molecule has 3 N–H and O–H groups in total. The van der Waals surface area contributed by atoms with Crippen LogP contribution >= 0.6 is 0 Å². The Morgan fingerprint density at radius 2 is 1.38 bits per heavy atom. The van der Waals surface area contributed by atoms with E-state index in [1.807, 2.05) is 49.8 Å². The third-order valence-corrected chi connectivity index (χ3v) is 19.4. The van der Waals surface area contributed by atoms with Gasteiger partial charge in [0.25, 0.3) is 0 Å². The number of pyridine rings is 2. The maximum atomic E-state index is 14.2. The summed E-state index contributed by atoms with van der Waals surface area (Å²) in [7, 11) is -2.55.